The van der Waals surface area contributed by atoms with Crippen molar-refractivity contribution in [1.82, 2.24) is 0 Å². The molecule has 0 spiro atoms. The number of rotatable bonds is 8. The lowest BCUT2D eigenvalue weighted by atomic mass is 9.86. The van der Waals surface area contributed by atoms with E-state index in [9.17, 15) is 0 Å². The first-order valence-electron chi connectivity index (χ1n) is 7.66. The Morgan fingerprint density at radius 2 is 1.50 bits per heavy atom. The largest absolute Gasteiger partial charge is 0.486 e. The summed E-state index contributed by atoms with van der Waals surface area (Å²) in [4.78, 5) is 0. The van der Waals surface area contributed by atoms with E-state index in [-0.39, 0.29) is 19.3 Å². The van der Waals surface area contributed by atoms with Crippen LogP contribution in [-0.2, 0) is 9.31 Å². The molecule has 0 aromatic heterocycles. The summed E-state index contributed by atoms with van der Waals surface area (Å²) in [5.74, 6) is 2.82. The van der Waals surface area contributed by atoms with E-state index < -0.39 is 0 Å². The third-order valence-electron chi connectivity index (χ3n) is 3.76. The van der Waals surface area contributed by atoms with Crippen molar-refractivity contribution in [1.29, 1.82) is 0 Å². The molecule has 1 heterocycles. The second-order valence-electron chi connectivity index (χ2n) is 5.48. The Balaban J connectivity index is 2.38. The van der Waals surface area contributed by atoms with Gasteiger partial charge in [0.05, 0.1) is 12.2 Å². The molecule has 0 aromatic carbocycles. The lowest BCUT2D eigenvalue weighted by Gasteiger charge is -2.11. The van der Waals surface area contributed by atoms with E-state index >= 15 is 0 Å². The lowest BCUT2D eigenvalue weighted by molar-refractivity contribution is 0.187. The van der Waals surface area contributed by atoms with Gasteiger partial charge in [0, 0.05) is 0 Å². The van der Waals surface area contributed by atoms with Crippen LogP contribution in [0, 0.1) is 5.92 Å². The zero-order valence-electron chi connectivity index (χ0n) is 12.5. The predicted molar refractivity (Wildman–Crippen MR) is 78.5 cm³/mol. The molecular weight excluding hydrogens is 223 g/mol. The van der Waals surface area contributed by atoms with E-state index in [0.717, 1.165) is 0 Å². The van der Waals surface area contributed by atoms with E-state index in [2.05, 4.69) is 39.7 Å². The minimum Gasteiger partial charge on any atom is -0.403 e. The fraction of sp³-hybridized carbons (Fsp3) is 0.867. The van der Waals surface area contributed by atoms with Crippen LogP contribution in [0.15, 0.2) is 12.1 Å². The van der Waals surface area contributed by atoms with Crippen LogP contribution in [0.4, 0.5) is 0 Å². The molecule has 2 nitrogen and oxygen atoms in total. The minimum atomic E-state index is -0.124. The van der Waals surface area contributed by atoms with Gasteiger partial charge in [-0.15, -0.1) is 0 Å². The van der Waals surface area contributed by atoms with Crippen molar-refractivity contribution in [2.24, 2.45) is 5.92 Å². The molecular formula is C15H29BO2. The van der Waals surface area contributed by atoms with Gasteiger partial charge in [-0.3, -0.25) is 0 Å². The molecule has 0 bridgehead atoms. The SMILES string of the molecule is CCCCC(/C=C/B1OC(C)C(C)O1)CCCC. The van der Waals surface area contributed by atoms with Gasteiger partial charge in [0.25, 0.3) is 0 Å². The first kappa shape index (κ1) is 15.8. The van der Waals surface area contributed by atoms with Crippen LogP contribution in [0.5, 0.6) is 0 Å². The van der Waals surface area contributed by atoms with Crippen molar-refractivity contribution < 1.29 is 9.31 Å². The van der Waals surface area contributed by atoms with Gasteiger partial charge < -0.3 is 9.31 Å². The van der Waals surface area contributed by atoms with Gasteiger partial charge in [-0.05, 0) is 32.6 Å². The highest BCUT2D eigenvalue weighted by Gasteiger charge is 2.32. The maximum atomic E-state index is 5.72. The molecule has 3 heteroatoms. The van der Waals surface area contributed by atoms with Crippen LogP contribution in [0.3, 0.4) is 0 Å². The third kappa shape index (κ3) is 5.58. The summed E-state index contributed by atoms with van der Waals surface area (Å²) < 4.78 is 11.4. The number of hydrogen-bond donors (Lipinski definition) is 0. The zero-order chi connectivity index (χ0) is 13.4. The summed E-state index contributed by atoms with van der Waals surface area (Å²) in [7, 11) is -0.124. The van der Waals surface area contributed by atoms with E-state index in [0.29, 0.717) is 5.92 Å². The lowest BCUT2D eigenvalue weighted by Crippen LogP contribution is -2.13. The highest BCUT2D eigenvalue weighted by molar-refractivity contribution is 6.51. The Hall–Kier alpha value is -0.275. The van der Waals surface area contributed by atoms with Crippen molar-refractivity contribution in [2.75, 3.05) is 0 Å². The molecule has 0 N–H and O–H groups in total. The van der Waals surface area contributed by atoms with Crippen LogP contribution in [-0.4, -0.2) is 19.3 Å². The van der Waals surface area contributed by atoms with Gasteiger partial charge >= 0.3 is 7.12 Å². The second kappa shape index (κ2) is 8.76. The smallest absolute Gasteiger partial charge is 0.403 e. The first-order valence-corrected chi connectivity index (χ1v) is 7.66. The van der Waals surface area contributed by atoms with E-state index in [1.54, 1.807) is 0 Å². The number of hydrogen-bond acceptors (Lipinski definition) is 2. The average Bonchev–Trinajstić information content (AvgIpc) is 2.68. The molecule has 2 unspecified atom stereocenters. The van der Waals surface area contributed by atoms with E-state index in [4.69, 9.17) is 9.31 Å². The summed E-state index contributed by atoms with van der Waals surface area (Å²) in [6.07, 6.45) is 10.5. The molecule has 2 atom stereocenters. The molecule has 1 saturated heterocycles. The maximum Gasteiger partial charge on any atom is 0.486 e. The Labute approximate surface area is 113 Å². The van der Waals surface area contributed by atoms with Crippen molar-refractivity contribution in [3.63, 3.8) is 0 Å². The summed E-state index contributed by atoms with van der Waals surface area (Å²) in [6, 6.07) is 0. The molecule has 0 aliphatic carbocycles. The highest BCUT2D eigenvalue weighted by atomic mass is 16.6. The standard InChI is InChI=1S/C15H29BO2/c1-5-7-9-15(10-8-6-2)11-12-16-17-13(3)14(4)18-16/h11-15H,5-10H2,1-4H3/b12-11+. The highest BCUT2D eigenvalue weighted by Crippen LogP contribution is 2.20. The molecule has 1 aliphatic heterocycles. The summed E-state index contributed by atoms with van der Waals surface area (Å²) in [6.45, 7) is 8.66. The van der Waals surface area contributed by atoms with Gasteiger partial charge in [0.2, 0.25) is 0 Å². The molecule has 104 valence electrons. The van der Waals surface area contributed by atoms with Gasteiger partial charge in [-0.1, -0.05) is 51.6 Å². The molecule has 18 heavy (non-hydrogen) atoms. The predicted octanol–water partition coefficient (Wildman–Crippen LogP) is 4.39. The molecule has 0 amide bonds. The maximum absolute atomic E-state index is 5.72. The van der Waals surface area contributed by atoms with Gasteiger partial charge in [0.1, 0.15) is 0 Å². The Bertz CT molecular complexity index is 225. The molecule has 1 rings (SSSR count). The van der Waals surface area contributed by atoms with Crippen LogP contribution in [0.25, 0.3) is 0 Å². The molecule has 0 radical (unpaired) electrons. The van der Waals surface area contributed by atoms with Gasteiger partial charge in [-0.25, -0.2) is 0 Å². The number of allylic oxidation sites excluding steroid dienone is 1. The Morgan fingerprint density at radius 3 is 1.94 bits per heavy atom. The van der Waals surface area contributed by atoms with Crippen molar-refractivity contribution in [3.8, 4) is 0 Å². The fourth-order valence-corrected chi connectivity index (χ4v) is 2.28. The van der Waals surface area contributed by atoms with E-state index in [1.165, 1.54) is 38.5 Å². The summed E-state index contributed by atoms with van der Waals surface area (Å²) in [5.41, 5.74) is 0. The number of unbranched alkanes of at least 4 members (excludes halogenated alkanes) is 2. The van der Waals surface area contributed by atoms with E-state index in [1.807, 2.05) is 0 Å². The van der Waals surface area contributed by atoms with Crippen LogP contribution >= 0.6 is 0 Å². The van der Waals surface area contributed by atoms with Crippen molar-refractivity contribution in [2.45, 2.75) is 78.4 Å². The van der Waals surface area contributed by atoms with Gasteiger partial charge in [-0.2, -0.15) is 0 Å². The average molecular weight is 252 g/mol. The van der Waals surface area contributed by atoms with Gasteiger partial charge in [0.15, 0.2) is 0 Å². The summed E-state index contributed by atoms with van der Waals surface area (Å²) in [5, 5.41) is 0. The molecule has 1 fully saturated rings. The minimum absolute atomic E-state index is 0.124. The van der Waals surface area contributed by atoms with Crippen LogP contribution in [0.2, 0.25) is 0 Å². The normalized spacial score (nSPS) is 24.6. The van der Waals surface area contributed by atoms with Crippen LogP contribution in [0.1, 0.15) is 66.2 Å². The monoisotopic (exact) mass is 252 g/mol. The topological polar surface area (TPSA) is 18.5 Å². The Kier molecular flexibility index (Phi) is 7.68. The van der Waals surface area contributed by atoms with Crippen LogP contribution < -0.4 is 0 Å². The quantitative estimate of drug-likeness (QED) is 0.596. The fourth-order valence-electron chi connectivity index (χ4n) is 2.28. The summed E-state index contributed by atoms with van der Waals surface area (Å²) >= 11 is 0. The first-order chi connectivity index (χ1) is 8.67. The van der Waals surface area contributed by atoms with Crippen molar-refractivity contribution >= 4 is 7.12 Å². The Morgan fingerprint density at radius 1 is 1.00 bits per heavy atom. The molecule has 0 saturated carbocycles. The third-order valence-corrected chi connectivity index (χ3v) is 3.76. The molecule has 0 aromatic rings. The van der Waals surface area contributed by atoms with Crippen molar-refractivity contribution in [3.05, 3.63) is 12.1 Å². The zero-order valence-corrected chi connectivity index (χ0v) is 12.5. The molecule has 1 aliphatic rings. The second-order valence-corrected chi connectivity index (χ2v) is 5.48.